The molecule has 0 aromatic heterocycles. The Hall–Kier alpha value is -3.70. The minimum absolute atomic E-state index is 0.0153. The van der Waals surface area contributed by atoms with Gasteiger partial charge in [-0.15, -0.1) is 0 Å². The Labute approximate surface area is 217 Å². The molecule has 0 spiro atoms. The van der Waals surface area contributed by atoms with Gasteiger partial charge in [0.1, 0.15) is 24.0 Å². The number of rotatable bonds is 6. The third-order valence-corrected chi connectivity index (χ3v) is 6.54. The predicted molar refractivity (Wildman–Crippen MR) is 126 cm³/mol. The molecule has 1 saturated heterocycles. The molecule has 1 fully saturated rings. The van der Waals surface area contributed by atoms with E-state index in [4.69, 9.17) is 21.1 Å². The molecule has 6 nitrogen and oxygen atoms in total. The molecular weight excluding hydrogens is 535 g/mol. The number of carbonyl (C=O) groups excluding carboxylic acids is 2. The summed E-state index contributed by atoms with van der Waals surface area (Å²) in [5.41, 5.74) is -1.50. The second kappa shape index (κ2) is 9.88. The Kier molecular flexibility index (Phi) is 6.74. The number of hydrogen-bond donors (Lipinski definition) is 2. The number of anilines is 1. The van der Waals surface area contributed by atoms with Crippen LogP contribution in [0.1, 0.15) is 49.9 Å². The van der Waals surface area contributed by atoms with E-state index in [9.17, 15) is 31.5 Å². The van der Waals surface area contributed by atoms with Gasteiger partial charge in [-0.25, -0.2) is 8.78 Å². The first kappa shape index (κ1) is 25.9. The van der Waals surface area contributed by atoms with Gasteiger partial charge in [-0.05, 0) is 42.5 Å². The van der Waals surface area contributed by atoms with E-state index in [2.05, 4.69) is 10.6 Å². The van der Waals surface area contributed by atoms with E-state index in [1.807, 2.05) is 0 Å². The quantitative estimate of drug-likeness (QED) is 0.374. The Bertz CT molecular complexity index is 1440. The van der Waals surface area contributed by atoms with Crippen LogP contribution in [-0.2, 0) is 10.9 Å². The van der Waals surface area contributed by atoms with Gasteiger partial charge in [0.25, 0.3) is 11.8 Å². The number of carbonyl (C=O) groups is 2. The Morgan fingerprint density at radius 2 is 1.87 bits per heavy atom. The van der Waals surface area contributed by atoms with Crippen molar-refractivity contribution in [1.29, 1.82) is 0 Å². The number of nitrogens with one attached hydrogen (secondary N) is 2. The summed E-state index contributed by atoms with van der Waals surface area (Å²) in [5, 5.41) is 5.27. The number of halogens is 6. The van der Waals surface area contributed by atoms with Crippen LogP contribution < -0.4 is 15.4 Å². The average Bonchev–Trinajstić information content (AvgIpc) is 3.15. The molecule has 0 aliphatic carbocycles. The van der Waals surface area contributed by atoms with Crippen LogP contribution in [0.25, 0.3) is 0 Å². The van der Waals surface area contributed by atoms with Crippen molar-refractivity contribution in [2.75, 3.05) is 18.5 Å². The van der Waals surface area contributed by atoms with Gasteiger partial charge in [0.2, 0.25) is 0 Å². The van der Waals surface area contributed by atoms with Crippen molar-refractivity contribution in [3.8, 4) is 5.75 Å². The maximum Gasteiger partial charge on any atom is 0.416 e. The van der Waals surface area contributed by atoms with Crippen molar-refractivity contribution >= 4 is 29.1 Å². The van der Waals surface area contributed by atoms with Gasteiger partial charge < -0.3 is 20.1 Å². The number of ether oxygens (including phenoxy) is 2. The highest BCUT2D eigenvalue weighted by molar-refractivity contribution is 6.31. The van der Waals surface area contributed by atoms with Crippen LogP contribution in [0.2, 0.25) is 5.02 Å². The molecule has 2 aliphatic rings. The molecule has 0 radical (unpaired) electrons. The lowest BCUT2D eigenvalue weighted by Gasteiger charge is -2.26. The molecule has 2 N–H and O–H groups in total. The summed E-state index contributed by atoms with van der Waals surface area (Å²) in [6.45, 7) is 0.747. The maximum absolute atomic E-state index is 14.1. The molecular formula is C26H18ClF5N2O4. The van der Waals surface area contributed by atoms with Crippen LogP contribution in [0, 0.1) is 11.6 Å². The first-order valence-electron chi connectivity index (χ1n) is 11.4. The van der Waals surface area contributed by atoms with Crippen molar-refractivity contribution in [3.05, 3.63) is 93.0 Å². The molecule has 38 heavy (non-hydrogen) atoms. The van der Waals surface area contributed by atoms with Crippen molar-refractivity contribution in [3.63, 3.8) is 0 Å². The topological polar surface area (TPSA) is 76.7 Å². The number of benzene rings is 3. The predicted octanol–water partition coefficient (Wildman–Crippen LogP) is 5.89. The molecule has 2 atom stereocenters. The monoisotopic (exact) mass is 552 g/mol. The summed E-state index contributed by atoms with van der Waals surface area (Å²) >= 11 is 6.27. The zero-order valence-electron chi connectivity index (χ0n) is 19.3. The number of fused-ring (bicyclic) bond motifs is 1. The molecule has 3 aromatic rings. The van der Waals surface area contributed by atoms with Gasteiger partial charge in [0.15, 0.2) is 0 Å². The third kappa shape index (κ3) is 5.16. The SMILES string of the molecule is O=C(Nc1cc(OC[C@@H]2CCO2)cc2c1[C@@H](c1cc(F)ccc1Cl)NC2=O)c1cc(F)cc(C(F)(F)F)c1. The molecule has 2 amide bonds. The van der Waals surface area contributed by atoms with E-state index < -0.39 is 46.8 Å². The van der Waals surface area contributed by atoms with Crippen LogP contribution in [0.3, 0.4) is 0 Å². The largest absolute Gasteiger partial charge is 0.491 e. The summed E-state index contributed by atoms with van der Waals surface area (Å²) in [6, 6.07) is 6.80. The Morgan fingerprint density at radius 1 is 1.11 bits per heavy atom. The number of amides is 2. The van der Waals surface area contributed by atoms with Gasteiger partial charge in [-0.1, -0.05) is 11.6 Å². The van der Waals surface area contributed by atoms with Crippen molar-refractivity contribution in [1.82, 2.24) is 5.32 Å². The smallest absolute Gasteiger partial charge is 0.416 e. The van der Waals surface area contributed by atoms with Crippen molar-refractivity contribution in [2.24, 2.45) is 0 Å². The highest BCUT2D eigenvalue weighted by Crippen LogP contribution is 2.42. The van der Waals surface area contributed by atoms with E-state index in [1.54, 1.807) is 0 Å². The summed E-state index contributed by atoms with van der Waals surface area (Å²) in [7, 11) is 0. The average molecular weight is 553 g/mol. The zero-order valence-corrected chi connectivity index (χ0v) is 20.1. The van der Waals surface area contributed by atoms with Gasteiger partial charge in [0, 0.05) is 40.8 Å². The van der Waals surface area contributed by atoms with E-state index in [0.717, 1.165) is 18.6 Å². The second-order valence-corrected chi connectivity index (χ2v) is 9.18. The summed E-state index contributed by atoms with van der Waals surface area (Å²) < 4.78 is 78.6. The first-order valence-corrected chi connectivity index (χ1v) is 11.7. The van der Waals surface area contributed by atoms with Crippen LogP contribution in [0.5, 0.6) is 5.75 Å². The van der Waals surface area contributed by atoms with Crippen LogP contribution >= 0.6 is 11.6 Å². The molecule has 0 saturated carbocycles. The Balaban J connectivity index is 1.56. The fourth-order valence-corrected chi connectivity index (χ4v) is 4.47. The molecule has 3 aromatic carbocycles. The lowest BCUT2D eigenvalue weighted by molar-refractivity contribution is -0.137. The number of alkyl halides is 3. The first-order chi connectivity index (χ1) is 18.0. The fraction of sp³-hybridized carbons (Fsp3) is 0.231. The van der Waals surface area contributed by atoms with Gasteiger partial charge in [-0.3, -0.25) is 9.59 Å². The molecule has 12 heteroatoms. The van der Waals surface area contributed by atoms with Crippen molar-refractivity contribution < 1.29 is 41.0 Å². The maximum atomic E-state index is 14.1. The molecule has 2 heterocycles. The molecule has 0 unspecified atom stereocenters. The zero-order chi connectivity index (χ0) is 27.2. The Morgan fingerprint density at radius 3 is 2.55 bits per heavy atom. The standard InChI is InChI=1S/C26H18ClF5N2O4/c27-20-2-1-14(28)8-18(20)23-22-19(25(36)34-23)9-17(38-11-16-3-4-37-16)10-21(22)33-24(35)12-5-13(26(30,31)32)7-15(29)6-12/h1-2,5-10,16,23H,3-4,11H2,(H,33,35)(H,34,36)/t16-,23+/m0/s1. The fourth-order valence-electron chi connectivity index (χ4n) is 4.25. The molecule has 5 rings (SSSR count). The number of hydrogen-bond acceptors (Lipinski definition) is 4. The minimum atomic E-state index is -4.88. The van der Waals surface area contributed by atoms with Gasteiger partial charge in [-0.2, -0.15) is 13.2 Å². The normalized spacial score (nSPS) is 18.4. The van der Waals surface area contributed by atoms with E-state index in [1.165, 1.54) is 18.2 Å². The van der Waals surface area contributed by atoms with Crippen LogP contribution in [0.4, 0.5) is 27.6 Å². The van der Waals surface area contributed by atoms with Crippen molar-refractivity contribution in [2.45, 2.75) is 24.7 Å². The lowest BCUT2D eigenvalue weighted by atomic mass is 9.95. The third-order valence-electron chi connectivity index (χ3n) is 6.20. The van der Waals surface area contributed by atoms with Gasteiger partial charge >= 0.3 is 6.18 Å². The highest BCUT2D eigenvalue weighted by Gasteiger charge is 2.36. The summed E-state index contributed by atoms with van der Waals surface area (Å²) in [5.74, 6) is -3.35. The lowest BCUT2D eigenvalue weighted by Crippen LogP contribution is -2.32. The molecule has 198 valence electrons. The summed E-state index contributed by atoms with van der Waals surface area (Å²) in [6.07, 6.45) is -4.26. The van der Waals surface area contributed by atoms with Crippen LogP contribution in [0.15, 0.2) is 48.5 Å². The second-order valence-electron chi connectivity index (χ2n) is 8.78. The van der Waals surface area contributed by atoms with E-state index >= 15 is 0 Å². The highest BCUT2D eigenvalue weighted by atomic mass is 35.5. The van der Waals surface area contributed by atoms with E-state index in [-0.39, 0.29) is 51.9 Å². The molecule has 0 bridgehead atoms. The molecule has 2 aliphatic heterocycles. The van der Waals surface area contributed by atoms with Crippen LogP contribution in [-0.4, -0.2) is 31.1 Å². The van der Waals surface area contributed by atoms with E-state index in [0.29, 0.717) is 18.7 Å². The minimum Gasteiger partial charge on any atom is -0.491 e. The summed E-state index contributed by atoms with van der Waals surface area (Å²) in [4.78, 5) is 25.9. The van der Waals surface area contributed by atoms with Gasteiger partial charge in [0.05, 0.1) is 29.0 Å².